The normalized spacial score (nSPS) is 12.0. The van der Waals surface area contributed by atoms with Crippen LogP contribution in [0.4, 0.5) is 5.69 Å². The molecule has 3 N–H and O–H groups in total. The Balaban J connectivity index is 1.99. The second-order valence-corrected chi connectivity index (χ2v) is 7.86. The van der Waals surface area contributed by atoms with Crippen LogP contribution in [0.3, 0.4) is 0 Å². The number of aryl methyl sites for hydroxylation is 1. The van der Waals surface area contributed by atoms with Crippen LogP contribution < -0.4 is 10.1 Å². The number of hydrazone groups is 1. The zero-order chi connectivity index (χ0) is 19.9. The van der Waals surface area contributed by atoms with Gasteiger partial charge in [0.15, 0.2) is 0 Å². The summed E-state index contributed by atoms with van der Waals surface area (Å²) in [4.78, 5) is 10.6. The standard InChI is InChI=1S/C19H23N3O4S/c1-14-5-9-17(10-6-14)22-21-15(2)16-7-11-18(12-8-16)27(25,26)20-13-3-4-19(23)24/h5-12,20,22H,3-4,13H2,1-2H3,(H,23,24)/b21-15-. The molecule has 0 saturated carbocycles. The van der Waals surface area contributed by atoms with Crippen molar-refractivity contribution in [1.82, 2.24) is 4.72 Å². The maximum Gasteiger partial charge on any atom is 0.303 e. The summed E-state index contributed by atoms with van der Waals surface area (Å²) in [7, 11) is -3.66. The number of hydrogen-bond donors (Lipinski definition) is 3. The minimum absolute atomic E-state index is 0.0783. The number of carboxylic acids is 1. The number of nitrogens with one attached hydrogen (secondary N) is 2. The smallest absolute Gasteiger partial charge is 0.303 e. The quantitative estimate of drug-likeness (QED) is 0.347. The van der Waals surface area contributed by atoms with E-state index in [4.69, 9.17) is 5.11 Å². The Kier molecular flexibility index (Phi) is 7.09. The van der Waals surface area contributed by atoms with Gasteiger partial charge in [0, 0.05) is 13.0 Å². The topological polar surface area (TPSA) is 108 Å². The number of carboxylic acid groups (broad SMARTS) is 1. The van der Waals surface area contributed by atoms with E-state index in [1.807, 2.05) is 38.1 Å². The summed E-state index contributed by atoms with van der Waals surface area (Å²) in [6.07, 6.45) is 0.161. The molecule has 2 aromatic carbocycles. The van der Waals surface area contributed by atoms with Crippen LogP contribution in [0.1, 0.15) is 30.9 Å². The molecule has 0 fully saturated rings. The van der Waals surface area contributed by atoms with Crippen molar-refractivity contribution in [2.75, 3.05) is 12.0 Å². The molecule has 8 heteroatoms. The second-order valence-electron chi connectivity index (χ2n) is 6.09. The van der Waals surface area contributed by atoms with Gasteiger partial charge in [-0.3, -0.25) is 10.2 Å². The Labute approximate surface area is 159 Å². The third-order valence-electron chi connectivity index (χ3n) is 3.85. The lowest BCUT2D eigenvalue weighted by molar-refractivity contribution is -0.137. The number of anilines is 1. The van der Waals surface area contributed by atoms with Gasteiger partial charge in [-0.05, 0) is 50.1 Å². The van der Waals surface area contributed by atoms with Crippen LogP contribution in [0, 0.1) is 6.92 Å². The highest BCUT2D eigenvalue weighted by Gasteiger charge is 2.13. The van der Waals surface area contributed by atoms with Gasteiger partial charge in [0.1, 0.15) is 0 Å². The lowest BCUT2D eigenvalue weighted by Crippen LogP contribution is -2.25. The van der Waals surface area contributed by atoms with E-state index in [1.165, 1.54) is 12.1 Å². The minimum Gasteiger partial charge on any atom is -0.481 e. The first-order valence-electron chi connectivity index (χ1n) is 8.47. The van der Waals surface area contributed by atoms with Crippen molar-refractivity contribution in [3.05, 3.63) is 59.7 Å². The van der Waals surface area contributed by atoms with Gasteiger partial charge in [0.05, 0.1) is 16.3 Å². The monoisotopic (exact) mass is 389 g/mol. The maximum atomic E-state index is 12.2. The fourth-order valence-electron chi connectivity index (χ4n) is 2.25. The molecule has 0 aliphatic rings. The summed E-state index contributed by atoms with van der Waals surface area (Å²) < 4.78 is 26.8. The molecule has 0 aliphatic heterocycles. The molecule has 0 bridgehead atoms. The SMILES string of the molecule is C/C(=N/Nc1ccc(C)cc1)c1ccc(S(=O)(=O)NCCCC(=O)O)cc1. The average molecular weight is 389 g/mol. The van der Waals surface area contributed by atoms with Gasteiger partial charge in [0.2, 0.25) is 10.0 Å². The molecule has 2 aromatic rings. The predicted octanol–water partition coefficient (Wildman–Crippen LogP) is 2.97. The van der Waals surface area contributed by atoms with Gasteiger partial charge in [-0.25, -0.2) is 13.1 Å². The molecule has 0 aromatic heterocycles. The van der Waals surface area contributed by atoms with Gasteiger partial charge in [0.25, 0.3) is 0 Å². The zero-order valence-corrected chi connectivity index (χ0v) is 16.1. The van der Waals surface area contributed by atoms with Crippen LogP contribution in [0.5, 0.6) is 0 Å². The fourth-order valence-corrected chi connectivity index (χ4v) is 3.32. The number of rotatable bonds is 9. The Morgan fingerprint density at radius 2 is 1.70 bits per heavy atom. The molecular formula is C19H23N3O4S. The highest BCUT2D eigenvalue weighted by molar-refractivity contribution is 7.89. The molecule has 2 rings (SSSR count). The fraction of sp³-hybridized carbons (Fsp3) is 0.263. The van der Waals surface area contributed by atoms with Crippen LogP contribution in [-0.4, -0.2) is 31.8 Å². The van der Waals surface area contributed by atoms with Crippen LogP contribution in [0.25, 0.3) is 0 Å². The largest absolute Gasteiger partial charge is 0.481 e. The predicted molar refractivity (Wildman–Crippen MR) is 106 cm³/mol. The van der Waals surface area contributed by atoms with Crippen molar-refractivity contribution in [1.29, 1.82) is 0 Å². The molecule has 0 heterocycles. The van der Waals surface area contributed by atoms with Crippen LogP contribution in [-0.2, 0) is 14.8 Å². The molecule has 0 radical (unpaired) electrons. The zero-order valence-electron chi connectivity index (χ0n) is 15.3. The Morgan fingerprint density at radius 1 is 1.07 bits per heavy atom. The lowest BCUT2D eigenvalue weighted by atomic mass is 10.1. The first-order valence-corrected chi connectivity index (χ1v) is 9.95. The summed E-state index contributed by atoms with van der Waals surface area (Å²) in [5, 5.41) is 12.9. The third kappa shape index (κ3) is 6.50. The molecule has 0 unspecified atom stereocenters. The summed E-state index contributed by atoms with van der Waals surface area (Å²) in [5.41, 5.74) is 6.50. The van der Waals surface area contributed by atoms with E-state index in [9.17, 15) is 13.2 Å². The molecular weight excluding hydrogens is 366 g/mol. The number of hydrogen-bond acceptors (Lipinski definition) is 5. The Bertz CT molecular complexity index is 905. The van der Waals surface area contributed by atoms with Crippen molar-refractivity contribution in [3.8, 4) is 0 Å². The van der Waals surface area contributed by atoms with Crippen molar-refractivity contribution in [2.45, 2.75) is 31.6 Å². The van der Waals surface area contributed by atoms with Crippen molar-refractivity contribution in [2.24, 2.45) is 5.10 Å². The van der Waals surface area contributed by atoms with E-state index >= 15 is 0 Å². The van der Waals surface area contributed by atoms with Crippen molar-refractivity contribution in [3.63, 3.8) is 0 Å². The van der Waals surface area contributed by atoms with E-state index in [0.29, 0.717) is 5.71 Å². The van der Waals surface area contributed by atoms with E-state index in [2.05, 4.69) is 15.2 Å². The molecule has 0 amide bonds. The summed E-state index contributed by atoms with van der Waals surface area (Å²) >= 11 is 0. The van der Waals surface area contributed by atoms with Crippen molar-refractivity contribution < 1.29 is 18.3 Å². The Morgan fingerprint density at radius 3 is 2.30 bits per heavy atom. The highest BCUT2D eigenvalue weighted by Crippen LogP contribution is 2.13. The van der Waals surface area contributed by atoms with Gasteiger partial charge in [-0.15, -0.1) is 0 Å². The van der Waals surface area contributed by atoms with Crippen LogP contribution in [0.15, 0.2) is 58.5 Å². The van der Waals surface area contributed by atoms with Crippen molar-refractivity contribution >= 4 is 27.4 Å². The van der Waals surface area contributed by atoms with E-state index in [0.717, 1.165) is 16.8 Å². The first kappa shape index (κ1) is 20.6. The molecule has 27 heavy (non-hydrogen) atoms. The minimum atomic E-state index is -3.66. The number of aliphatic carboxylic acids is 1. The van der Waals surface area contributed by atoms with Crippen LogP contribution >= 0.6 is 0 Å². The molecule has 144 valence electrons. The molecule has 0 saturated heterocycles. The number of carbonyl (C=O) groups is 1. The second kappa shape index (κ2) is 9.29. The van der Waals surface area contributed by atoms with E-state index in [1.54, 1.807) is 12.1 Å². The van der Waals surface area contributed by atoms with Gasteiger partial charge >= 0.3 is 5.97 Å². The molecule has 7 nitrogen and oxygen atoms in total. The van der Waals surface area contributed by atoms with Gasteiger partial charge in [-0.1, -0.05) is 29.8 Å². The number of sulfonamides is 1. The summed E-state index contributed by atoms with van der Waals surface area (Å²) in [6, 6.07) is 14.2. The summed E-state index contributed by atoms with van der Waals surface area (Å²) in [5.74, 6) is -0.951. The molecule has 0 atom stereocenters. The number of nitrogens with zero attached hydrogens (tertiary/aromatic N) is 1. The first-order chi connectivity index (χ1) is 12.8. The average Bonchev–Trinajstić information content (AvgIpc) is 2.64. The molecule has 0 spiro atoms. The van der Waals surface area contributed by atoms with E-state index in [-0.39, 0.29) is 24.3 Å². The van der Waals surface area contributed by atoms with Gasteiger partial charge < -0.3 is 5.11 Å². The molecule has 0 aliphatic carbocycles. The maximum absolute atomic E-state index is 12.2. The lowest BCUT2D eigenvalue weighted by Gasteiger charge is -2.08. The third-order valence-corrected chi connectivity index (χ3v) is 5.32. The van der Waals surface area contributed by atoms with Gasteiger partial charge in [-0.2, -0.15) is 5.10 Å². The Hall–Kier alpha value is -2.71. The summed E-state index contributed by atoms with van der Waals surface area (Å²) in [6.45, 7) is 3.92. The number of benzene rings is 2. The van der Waals surface area contributed by atoms with E-state index < -0.39 is 16.0 Å². The van der Waals surface area contributed by atoms with Crippen LogP contribution in [0.2, 0.25) is 0 Å². The highest BCUT2D eigenvalue weighted by atomic mass is 32.2.